The molecule has 0 saturated heterocycles. The first kappa shape index (κ1) is 12.4. The van der Waals surface area contributed by atoms with Gasteiger partial charge in [-0.25, -0.2) is 8.42 Å². The number of rotatable bonds is 3. The Hall–Kier alpha value is -2.02. The lowest BCUT2D eigenvalue weighted by molar-refractivity contribution is 0.420. The largest absolute Gasteiger partial charge is 0.398 e. The Morgan fingerprint density at radius 1 is 1.28 bits per heavy atom. The van der Waals surface area contributed by atoms with E-state index in [1.165, 1.54) is 12.5 Å². The smallest absolute Gasteiger partial charge is 0.264 e. The number of nitrogens with one attached hydrogen (secondary N) is 1. The van der Waals surface area contributed by atoms with Crippen molar-refractivity contribution in [2.45, 2.75) is 18.7 Å². The minimum absolute atomic E-state index is 0.0480. The van der Waals surface area contributed by atoms with Crippen molar-refractivity contribution in [1.29, 1.82) is 0 Å². The predicted molar refractivity (Wildman–Crippen MR) is 67.6 cm³/mol. The highest BCUT2D eigenvalue weighted by molar-refractivity contribution is 7.92. The van der Waals surface area contributed by atoms with Gasteiger partial charge in [-0.15, -0.1) is 0 Å². The minimum Gasteiger partial charge on any atom is -0.398 e. The fraction of sp³-hybridized carbons (Fsp3) is 0.182. The van der Waals surface area contributed by atoms with Crippen LogP contribution >= 0.6 is 0 Å². The van der Waals surface area contributed by atoms with Gasteiger partial charge in [0.1, 0.15) is 16.8 Å². The zero-order chi connectivity index (χ0) is 13.3. The molecule has 0 spiro atoms. The van der Waals surface area contributed by atoms with Gasteiger partial charge in [-0.2, -0.15) is 0 Å². The SMILES string of the molecule is Cc1cc(N)c(S(=O)(=O)Nc2cnoc2)cc1C. The molecule has 6 nitrogen and oxygen atoms in total. The summed E-state index contributed by atoms with van der Waals surface area (Å²) in [5, 5.41) is 3.42. The molecule has 0 aliphatic carbocycles. The second kappa shape index (κ2) is 4.34. The van der Waals surface area contributed by atoms with E-state index in [1.54, 1.807) is 12.1 Å². The molecule has 1 aromatic heterocycles. The predicted octanol–water partition coefficient (Wildman–Crippen LogP) is 1.67. The number of aryl methyl sites for hydroxylation is 2. The van der Waals surface area contributed by atoms with E-state index in [1.807, 2.05) is 13.8 Å². The molecule has 2 rings (SSSR count). The summed E-state index contributed by atoms with van der Waals surface area (Å²) in [4.78, 5) is 0.0480. The van der Waals surface area contributed by atoms with E-state index in [9.17, 15) is 8.42 Å². The number of hydrogen-bond acceptors (Lipinski definition) is 5. The number of hydrogen-bond donors (Lipinski definition) is 2. The van der Waals surface area contributed by atoms with Gasteiger partial charge in [0.05, 0.1) is 11.9 Å². The minimum atomic E-state index is -3.73. The van der Waals surface area contributed by atoms with E-state index in [0.29, 0.717) is 0 Å². The molecule has 0 unspecified atom stereocenters. The third-order valence-electron chi connectivity index (χ3n) is 2.60. The molecular weight excluding hydrogens is 254 g/mol. The molecule has 0 radical (unpaired) electrons. The fourth-order valence-corrected chi connectivity index (χ4v) is 2.73. The Bertz CT molecular complexity index is 663. The molecule has 2 aromatic rings. The number of nitrogen functional groups attached to an aromatic ring is 1. The van der Waals surface area contributed by atoms with Gasteiger partial charge in [0.25, 0.3) is 10.0 Å². The van der Waals surface area contributed by atoms with E-state index in [2.05, 4.69) is 14.4 Å². The van der Waals surface area contributed by atoms with Crippen LogP contribution in [0.2, 0.25) is 0 Å². The monoisotopic (exact) mass is 267 g/mol. The van der Waals surface area contributed by atoms with Crippen molar-refractivity contribution >= 4 is 21.4 Å². The fourth-order valence-electron chi connectivity index (χ4n) is 1.51. The first-order valence-corrected chi connectivity index (χ1v) is 6.67. The zero-order valence-electron chi connectivity index (χ0n) is 9.97. The lowest BCUT2D eigenvalue weighted by atomic mass is 10.1. The third-order valence-corrected chi connectivity index (χ3v) is 4.04. The Balaban J connectivity index is 2.44. The van der Waals surface area contributed by atoms with E-state index in [-0.39, 0.29) is 16.3 Å². The lowest BCUT2D eigenvalue weighted by Gasteiger charge is -2.10. The van der Waals surface area contributed by atoms with Crippen LogP contribution in [0, 0.1) is 13.8 Å². The Morgan fingerprint density at radius 2 is 1.94 bits per heavy atom. The topological polar surface area (TPSA) is 98.2 Å². The van der Waals surface area contributed by atoms with E-state index in [4.69, 9.17) is 5.73 Å². The molecule has 0 bridgehead atoms. The van der Waals surface area contributed by atoms with Crippen LogP contribution in [0.1, 0.15) is 11.1 Å². The number of nitrogens with two attached hydrogens (primary N) is 1. The molecule has 0 aliphatic heterocycles. The summed E-state index contributed by atoms with van der Waals surface area (Å²) in [6.45, 7) is 3.70. The van der Waals surface area contributed by atoms with Crippen LogP contribution < -0.4 is 10.5 Å². The van der Waals surface area contributed by atoms with Gasteiger partial charge >= 0.3 is 0 Å². The highest BCUT2D eigenvalue weighted by Crippen LogP contribution is 2.24. The Labute approximate surface area is 105 Å². The Kier molecular flexibility index (Phi) is 3.00. The van der Waals surface area contributed by atoms with E-state index < -0.39 is 10.0 Å². The quantitative estimate of drug-likeness (QED) is 0.824. The normalized spacial score (nSPS) is 11.4. The van der Waals surface area contributed by atoms with Gasteiger partial charge in [0.2, 0.25) is 0 Å². The van der Waals surface area contributed by atoms with Crippen molar-refractivity contribution in [2.75, 3.05) is 10.5 Å². The van der Waals surface area contributed by atoms with Crippen LogP contribution in [0.15, 0.2) is 34.0 Å². The van der Waals surface area contributed by atoms with E-state index in [0.717, 1.165) is 11.1 Å². The van der Waals surface area contributed by atoms with Crippen LogP contribution in [-0.4, -0.2) is 13.6 Å². The summed E-state index contributed by atoms with van der Waals surface area (Å²) in [6.07, 6.45) is 2.48. The lowest BCUT2D eigenvalue weighted by Crippen LogP contribution is -2.15. The van der Waals surface area contributed by atoms with Crippen molar-refractivity contribution in [3.8, 4) is 0 Å². The molecule has 0 fully saturated rings. The summed E-state index contributed by atoms with van der Waals surface area (Å²) in [5.41, 5.74) is 8.01. The average molecular weight is 267 g/mol. The van der Waals surface area contributed by atoms with Crippen LogP contribution in [0.3, 0.4) is 0 Å². The summed E-state index contributed by atoms with van der Waals surface area (Å²) < 4.78 is 31.1. The van der Waals surface area contributed by atoms with Gasteiger partial charge in [-0.05, 0) is 37.1 Å². The number of aromatic nitrogens is 1. The second-order valence-corrected chi connectivity index (χ2v) is 5.64. The molecule has 1 heterocycles. The maximum atomic E-state index is 12.1. The number of anilines is 2. The summed E-state index contributed by atoms with van der Waals surface area (Å²) >= 11 is 0. The standard InChI is InChI=1S/C11H13N3O3S/c1-7-3-10(12)11(4-8(7)2)18(15,16)14-9-5-13-17-6-9/h3-6,14H,12H2,1-2H3. The molecule has 3 N–H and O–H groups in total. The van der Waals surface area contributed by atoms with Gasteiger partial charge in [0.15, 0.2) is 0 Å². The van der Waals surface area contributed by atoms with Crippen molar-refractivity contribution in [3.05, 3.63) is 35.7 Å². The molecule has 0 atom stereocenters. The molecule has 0 saturated carbocycles. The third kappa shape index (κ3) is 2.30. The first-order valence-electron chi connectivity index (χ1n) is 5.19. The highest BCUT2D eigenvalue weighted by atomic mass is 32.2. The van der Waals surface area contributed by atoms with E-state index >= 15 is 0 Å². The van der Waals surface area contributed by atoms with Crippen molar-refractivity contribution in [3.63, 3.8) is 0 Å². The van der Waals surface area contributed by atoms with Crippen LogP contribution in [-0.2, 0) is 10.0 Å². The number of sulfonamides is 1. The highest BCUT2D eigenvalue weighted by Gasteiger charge is 2.19. The first-order chi connectivity index (χ1) is 8.40. The molecular formula is C11H13N3O3S. The maximum absolute atomic E-state index is 12.1. The van der Waals surface area contributed by atoms with Gasteiger partial charge in [-0.1, -0.05) is 5.16 Å². The molecule has 1 aromatic carbocycles. The van der Waals surface area contributed by atoms with Crippen LogP contribution in [0.25, 0.3) is 0 Å². The molecule has 18 heavy (non-hydrogen) atoms. The molecule has 96 valence electrons. The Morgan fingerprint density at radius 3 is 2.56 bits per heavy atom. The van der Waals surface area contributed by atoms with Crippen molar-refractivity contribution in [2.24, 2.45) is 0 Å². The molecule has 7 heteroatoms. The van der Waals surface area contributed by atoms with Crippen LogP contribution in [0.4, 0.5) is 11.4 Å². The second-order valence-electron chi connectivity index (χ2n) is 3.99. The summed E-state index contributed by atoms with van der Waals surface area (Å²) in [6, 6.07) is 3.18. The van der Waals surface area contributed by atoms with Gasteiger partial charge < -0.3 is 10.3 Å². The van der Waals surface area contributed by atoms with Crippen molar-refractivity contribution < 1.29 is 12.9 Å². The summed E-state index contributed by atoms with van der Waals surface area (Å²) in [5.74, 6) is 0. The molecule has 0 aliphatic rings. The maximum Gasteiger partial charge on any atom is 0.264 e. The summed E-state index contributed by atoms with van der Waals surface area (Å²) in [7, 11) is -3.73. The van der Waals surface area contributed by atoms with Gasteiger partial charge in [0, 0.05) is 0 Å². The number of nitrogens with zero attached hydrogens (tertiary/aromatic N) is 1. The van der Waals surface area contributed by atoms with Crippen LogP contribution in [0.5, 0.6) is 0 Å². The van der Waals surface area contributed by atoms with Gasteiger partial charge in [-0.3, -0.25) is 4.72 Å². The number of benzene rings is 1. The zero-order valence-corrected chi connectivity index (χ0v) is 10.8. The van der Waals surface area contributed by atoms with Crippen molar-refractivity contribution in [1.82, 2.24) is 5.16 Å². The molecule has 0 amide bonds. The average Bonchev–Trinajstić information content (AvgIpc) is 2.75.